The van der Waals surface area contributed by atoms with E-state index in [4.69, 9.17) is 0 Å². The van der Waals surface area contributed by atoms with Crippen molar-refractivity contribution in [2.45, 2.75) is 51.4 Å². The summed E-state index contributed by atoms with van der Waals surface area (Å²) in [5.74, 6) is 0. The Morgan fingerprint density at radius 3 is 1.09 bits per heavy atom. The molecule has 0 aromatic carbocycles. The molecule has 0 amide bonds. The Balaban J connectivity index is 1.55. The Bertz CT molecular complexity index is 360. The summed E-state index contributed by atoms with van der Waals surface area (Å²) < 4.78 is 0. The molecule has 2 saturated heterocycles. The number of hydrogen-bond donors (Lipinski definition) is 6. The zero-order chi connectivity index (χ0) is 23.8. The van der Waals surface area contributed by atoms with E-state index in [9.17, 15) is 0 Å². The van der Waals surface area contributed by atoms with Crippen molar-refractivity contribution in [2.24, 2.45) is 0 Å². The normalized spacial score (nSPS) is 23.6. The Kier molecular flexibility index (Phi) is 20.3. The molecule has 2 heterocycles. The van der Waals surface area contributed by atoms with Gasteiger partial charge in [-0.1, -0.05) is 12.8 Å². The number of rotatable bonds is 7. The highest BCUT2D eigenvalue weighted by atomic mass is 15.1. The average Bonchev–Trinajstić information content (AvgIpc) is 2.85. The lowest BCUT2D eigenvalue weighted by atomic mass is 10.1. The van der Waals surface area contributed by atoms with Crippen molar-refractivity contribution < 1.29 is 0 Å². The molecule has 2 aliphatic heterocycles. The molecule has 202 valence electrons. The zero-order valence-electron chi connectivity index (χ0n) is 22.3. The van der Waals surface area contributed by atoms with E-state index in [1.54, 1.807) is 0 Å². The Labute approximate surface area is 211 Å². The topological polar surface area (TPSA) is 78.7 Å². The van der Waals surface area contributed by atoms with Crippen LogP contribution in [0.4, 0.5) is 0 Å². The Hall–Kier alpha value is -0.320. The van der Waals surface area contributed by atoms with E-state index in [2.05, 4.69) is 41.7 Å². The predicted molar refractivity (Wildman–Crippen MR) is 147 cm³/mol. The second kappa shape index (κ2) is 23.1. The molecule has 8 nitrogen and oxygen atoms in total. The summed E-state index contributed by atoms with van der Waals surface area (Å²) in [6.07, 6.45) is 10.4. The maximum Gasteiger partial charge on any atom is 0.0107 e. The first-order valence-electron chi connectivity index (χ1n) is 14.6. The molecule has 6 N–H and O–H groups in total. The van der Waals surface area contributed by atoms with Gasteiger partial charge in [-0.2, -0.15) is 0 Å². The molecular weight excluding hydrogens is 424 g/mol. The van der Waals surface area contributed by atoms with E-state index in [1.807, 2.05) is 0 Å². The number of nitrogens with zero attached hydrogens (tertiary/aromatic N) is 2. The summed E-state index contributed by atoms with van der Waals surface area (Å²) in [7, 11) is 0. The average molecular weight is 483 g/mol. The van der Waals surface area contributed by atoms with Crippen LogP contribution in [0.5, 0.6) is 0 Å². The van der Waals surface area contributed by atoms with E-state index in [0.29, 0.717) is 0 Å². The molecule has 8 heteroatoms. The maximum absolute atomic E-state index is 3.63. The summed E-state index contributed by atoms with van der Waals surface area (Å²) in [5, 5.41) is 21.4. The minimum Gasteiger partial charge on any atom is -0.315 e. The molecule has 0 unspecified atom stereocenters. The van der Waals surface area contributed by atoms with Gasteiger partial charge < -0.3 is 41.7 Å². The fraction of sp³-hybridized carbons (Fsp3) is 1.00. The van der Waals surface area contributed by atoms with Gasteiger partial charge in [-0.25, -0.2) is 0 Å². The van der Waals surface area contributed by atoms with E-state index < -0.39 is 0 Å². The van der Waals surface area contributed by atoms with Crippen molar-refractivity contribution in [1.29, 1.82) is 0 Å². The van der Waals surface area contributed by atoms with Crippen molar-refractivity contribution in [3.63, 3.8) is 0 Å². The maximum atomic E-state index is 3.63. The summed E-state index contributed by atoms with van der Waals surface area (Å²) in [6, 6.07) is 0. The van der Waals surface area contributed by atoms with Crippen LogP contribution in [-0.4, -0.2) is 128 Å². The molecule has 0 atom stereocenters. The predicted octanol–water partition coefficient (Wildman–Crippen LogP) is 0.276. The van der Waals surface area contributed by atoms with Gasteiger partial charge in [0, 0.05) is 52.4 Å². The van der Waals surface area contributed by atoms with Crippen LogP contribution in [0, 0.1) is 0 Å². The minimum atomic E-state index is 1.09. The number of hydrogen-bond acceptors (Lipinski definition) is 8. The Morgan fingerprint density at radius 1 is 0.324 bits per heavy atom. The molecule has 0 radical (unpaired) electrons. The van der Waals surface area contributed by atoms with Crippen molar-refractivity contribution in [3.05, 3.63) is 0 Å². The number of unbranched alkanes of at least 4 members (excludes halogenated alkanes) is 3. The summed E-state index contributed by atoms with van der Waals surface area (Å²) >= 11 is 0. The molecule has 0 spiro atoms. The van der Waals surface area contributed by atoms with E-state index in [-0.39, 0.29) is 0 Å². The molecule has 0 saturated carbocycles. The molecule has 34 heavy (non-hydrogen) atoms. The summed E-state index contributed by atoms with van der Waals surface area (Å²) in [5.41, 5.74) is 0. The SMILES string of the molecule is C(CCCN1CCCNCCNCCCNCC1)CCN1CCCNCCNCCCNCC1. The molecule has 0 aromatic heterocycles. The van der Waals surface area contributed by atoms with Gasteiger partial charge in [0.1, 0.15) is 0 Å². The first-order chi connectivity index (χ1) is 16.9. The van der Waals surface area contributed by atoms with Crippen LogP contribution in [0.15, 0.2) is 0 Å². The standard InChI is InChI=1S/C26H58N8/c1(3-21-33-23-7-13-29-17-15-27-9-5-11-31-19-25-33)2-4-22-34-24-8-14-30-18-16-28-10-6-12-32-20-26-34/h27-32H,1-26H2. The van der Waals surface area contributed by atoms with Gasteiger partial charge in [0.15, 0.2) is 0 Å². The van der Waals surface area contributed by atoms with Crippen LogP contribution in [-0.2, 0) is 0 Å². The fourth-order valence-electron chi connectivity index (χ4n) is 4.81. The van der Waals surface area contributed by atoms with E-state index in [0.717, 1.165) is 78.5 Å². The Morgan fingerprint density at radius 2 is 0.676 bits per heavy atom. The van der Waals surface area contributed by atoms with Crippen molar-refractivity contribution in [3.8, 4) is 0 Å². The molecule has 2 aliphatic rings. The molecular formula is C26H58N8. The van der Waals surface area contributed by atoms with Crippen molar-refractivity contribution >= 4 is 0 Å². The fourth-order valence-corrected chi connectivity index (χ4v) is 4.81. The van der Waals surface area contributed by atoms with Crippen LogP contribution in [0.25, 0.3) is 0 Å². The van der Waals surface area contributed by atoms with E-state index >= 15 is 0 Å². The second-order valence-corrected chi connectivity index (χ2v) is 10.0. The molecule has 0 aliphatic carbocycles. The largest absolute Gasteiger partial charge is 0.315 e. The van der Waals surface area contributed by atoms with Crippen molar-refractivity contribution in [2.75, 3.05) is 118 Å². The lowest BCUT2D eigenvalue weighted by molar-refractivity contribution is 0.251. The van der Waals surface area contributed by atoms with Crippen LogP contribution < -0.4 is 31.9 Å². The molecule has 0 bridgehead atoms. The second-order valence-electron chi connectivity index (χ2n) is 10.0. The van der Waals surface area contributed by atoms with Gasteiger partial charge in [-0.05, 0) is 104 Å². The summed E-state index contributed by atoms with van der Waals surface area (Å²) in [4.78, 5) is 5.38. The molecule has 0 aromatic rings. The smallest absolute Gasteiger partial charge is 0.0107 e. The first-order valence-corrected chi connectivity index (χ1v) is 14.6. The van der Waals surface area contributed by atoms with Crippen LogP contribution in [0.3, 0.4) is 0 Å². The van der Waals surface area contributed by atoms with E-state index in [1.165, 1.54) is 90.6 Å². The lowest BCUT2D eigenvalue weighted by Crippen LogP contribution is -2.37. The lowest BCUT2D eigenvalue weighted by Gasteiger charge is -2.24. The highest BCUT2D eigenvalue weighted by Gasteiger charge is 2.07. The van der Waals surface area contributed by atoms with Gasteiger partial charge in [0.05, 0.1) is 0 Å². The summed E-state index contributed by atoms with van der Waals surface area (Å²) in [6.45, 7) is 20.8. The number of nitrogens with one attached hydrogen (secondary N) is 6. The van der Waals surface area contributed by atoms with Gasteiger partial charge in [0.25, 0.3) is 0 Å². The zero-order valence-corrected chi connectivity index (χ0v) is 22.3. The molecule has 2 fully saturated rings. The highest BCUT2D eigenvalue weighted by Crippen LogP contribution is 2.05. The third-order valence-electron chi connectivity index (χ3n) is 6.94. The van der Waals surface area contributed by atoms with Gasteiger partial charge in [-0.3, -0.25) is 0 Å². The van der Waals surface area contributed by atoms with Gasteiger partial charge in [0.2, 0.25) is 0 Å². The third-order valence-corrected chi connectivity index (χ3v) is 6.94. The third kappa shape index (κ3) is 18.0. The quantitative estimate of drug-likeness (QED) is 0.289. The monoisotopic (exact) mass is 482 g/mol. The van der Waals surface area contributed by atoms with Crippen molar-refractivity contribution in [1.82, 2.24) is 41.7 Å². The van der Waals surface area contributed by atoms with Gasteiger partial charge in [-0.15, -0.1) is 0 Å². The first kappa shape index (κ1) is 29.9. The molecule has 2 rings (SSSR count). The van der Waals surface area contributed by atoms with Crippen LogP contribution in [0.2, 0.25) is 0 Å². The van der Waals surface area contributed by atoms with Crippen LogP contribution >= 0.6 is 0 Å². The van der Waals surface area contributed by atoms with Gasteiger partial charge >= 0.3 is 0 Å². The highest BCUT2D eigenvalue weighted by molar-refractivity contribution is 4.66. The van der Waals surface area contributed by atoms with Crippen LogP contribution in [0.1, 0.15) is 51.4 Å². The minimum absolute atomic E-state index is 1.09.